The summed E-state index contributed by atoms with van der Waals surface area (Å²) in [6, 6.07) is 17.0. The Kier molecular flexibility index (Phi) is 7.12. The zero-order valence-corrected chi connectivity index (χ0v) is 12.4. The molecule has 0 aromatic heterocycles. The molecule has 3 N–H and O–H groups in total. The number of para-hydroxylation sites is 2. The lowest BCUT2D eigenvalue weighted by molar-refractivity contribution is 0.247. The molecule has 21 heavy (non-hydrogen) atoms. The van der Waals surface area contributed by atoms with Gasteiger partial charge in [0.1, 0.15) is 17.3 Å². The molecular formula is C16H19ClN2O2. The molecule has 0 fully saturated rings. The van der Waals surface area contributed by atoms with Crippen LogP contribution in [-0.4, -0.2) is 19.0 Å². The van der Waals surface area contributed by atoms with E-state index in [-0.39, 0.29) is 18.2 Å². The van der Waals surface area contributed by atoms with Crippen molar-refractivity contribution in [2.45, 2.75) is 6.42 Å². The smallest absolute Gasteiger partial charge is 0.130 e. The lowest BCUT2D eigenvalue weighted by Crippen LogP contribution is -2.14. The zero-order valence-electron chi connectivity index (χ0n) is 11.6. The van der Waals surface area contributed by atoms with E-state index in [4.69, 9.17) is 20.6 Å². The van der Waals surface area contributed by atoms with Crippen LogP contribution in [0.3, 0.4) is 0 Å². The van der Waals surface area contributed by atoms with E-state index in [1.807, 2.05) is 48.5 Å². The second kappa shape index (κ2) is 8.87. The lowest BCUT2D eigenvalue weighted by atomic mass is 10.2. The van der Waals surface area contributed by atoms with E-state index in [1.54, 1.807) is 6.07 Å². The number of benzene rings is 2. The Morgan fingerprint density at radius 2 is 1.52 bits per heavy atom. The first-order valence-electron chi connectivity index (χ1n) is 6.51. The Morgan fingerprint density at radius 1 is 0.905 bits per heavy atom. The van der Waals surface area contributed by atoms with Gasteiger partial charge < -0.3 is 15.2 Å². The van der Waals surface area contributed by atoms with Crippen LogP contribution < -0.4 is 15.2 Å². The molecule has 0 amide bonds. The van der Waals surface area contributed by atoms with Crippen LogP contribution in [0.15, 0.2) is 54.6 Å². The minimum Gasteiger partial charge on any atom is -0.493 e. The number of amidine groups is 1. The summed E-state index contributed by atoms with van der Waals surface area (Å²) in [5, 5.41) is 7.48. The molecule has 0 atom stereocenters. The summed E-state index contributed by atoms with van der Waals surface area (Å²) in [5.41, 5.74) is 6.12. The highest BCUT2D eigenvalue weighted by atomic mass is 35.5. The predicted molar refractivity (Wildman–Crippen MR) is 86.8 cm³/mol. The lowest BCUT2D eigenvalue weighted by Gasteiger charge is -2.10. The summed E-state index contributed by atoms with van der Waals surface area (Å²) in [7, 11) is 0. The third-order valence-electron chi connectivity index (χ3n) is 2.74. The van der Waals surface area contributed by atoms with Crippen LogP contribution in [0.1, 0.15) is 12.0 Å². The first kappa shape index (κ1) is 16.9. The van der Waals surface area contributed by atoms with Crippen molar-refractivity contribution in [2.24, 2.45) is 5.73 Å². The Labute approximate surface area is 130 Å². The summed E-state index contributed by atoms with van der Waals surface area (Å²) in [6.07, 6.45) is 0.765. The number of halogens is 1. The number of hydrogen-bond donors (Lipinski definition) is 2. The molecule has 0 aliphatic rings. The SMILES string of the molecule is Cl.N=C(N)c1ccccc1OCCCOc1ccccc1. The van der Waals surface area contributed by atoms with Gasteiger partial charge in [-0.05, 0) is 24.3 Å². The number of nitrogens with one attached hydrogen (secondary N) is 1. The molecule has 0 unspecified atom stereocenters. The molecule has 0 aliphatic heterocycles. The fourth-order valence-corrected chi connectivity index (χ4v) is 1.76. The highest BCUT2D eigenvalue weighted by Gasteiger charge is 2.04. The van der Waals surface area contributed by atoms with E-state index in [0.29, 0.717) is 24.5 Å². The molecule has 2 aromatic carbocycles. The quantitative estimate of drug-likeness (QED) is 0.469. The number of nitrogens with two attached hydrogens (primary N) is 1. The van der Waals surface area contributed by atoms with Gasteiger partial charge in [0.15, 0.2) is 0 Å². The van der Waals surface area contributed by atoms with E-state index in [1.165, 1.54) is 0 Å². The molecule has 0 spiro atoms. The fraction of sp³-hybridized carbons (Fsp3) is 0.188. The van der Waals surface area contributed by atoms with E-state index in [0.717, 1.165) is 12.2 Å². The van der Waals surface area contributed by atoms with Gasteiger partial charge in [-0.2, -0.15) is 0 Å². The van der Waals surface area contributed by atoms with Gasteiger partial charge in [-0.3, -0.25) is 5.41 Å². The number of hydrogen-bond acceptors (Lipinski definition) is 3. The maximum Gasteiger partial charge on any atom is 0.130 e. The topological polar surface area (TPSA) is 68.3 Å². The second-order valence-electron chi connectivity index (χ2n) is 4.27. The van der Waals surface area contributed by atoms with Crippen molar-refractivity contribution in [2.75, 3.05) is 13.2 Å². The summed E-state index contributed by atoms with van der Waals surface area (Å²) >= 11 is 0. The van der Waals surface area contributed by atoms with E-state index < -0.39 is 0 Å². The number of ether oxygens (including phenoxy) is 2. The van der Waals surface area contributed by atoms with Crippen LogP contribution >= 0.6 is 12.4 Å². The Morgan fingerprint density at radius 3 is 2.24 bits per heavy atom. The molecule has 0 aliphatic carbocycles. The molecule has 5 heteroatoms. The van der Waals surface area contributed by atoms with Crippen molar-refractivity contribution in [3.63, 3.8) is 0 Å². The molecule has 0 bridgehead atoms. The predicted octanol–water partition coefficient (Wildman–Crippen LogP) is 3.24. The van der Waals surface area contributed by atoms with E-state index >= 15 is 0 Å². The van der Waals surface area contributed by atoms with Crippen molar-refractivity contribution in [3.8, 4) is 11.5 Å². The van der Waals surface area contributed by atoms with Crippen LogP contribution in [0.2, 0.25) is 0 Å². The molecule has 0 saturated carbocycles. The first-order chi connectivity index (χ1) is 9.77. The highest BCUT2D eigenvalue weighted by Crippen LogP contribution is 2.17. The van der Waals surface area contributed by atoms with E-state index in [9.17, 15) is 0 Å². The largest absolute Gasteiger partial charge is 0.493 e. The van der Waals surface area contributed by atoms with Gasteiger partial charge in [-0.15, -0.1) is 12.4 Å². The van der Waals surface area contributed by atoms with Crippen LogP contribution in [0.4, 0.5) is 0 Å². The van der Waals surface area contributed by atoms with Gasteiger partial charge >= 0.3 is 0 Å². The van der Waals surface area contributed by atoms with Crippen LogP contribution in [-0.2, 0) is 0 Å². The van der Waals surface area contributed by atoms with Crippen molar-refractivity contribution in [1.29, 1.82) is 5.41 Å². The molecule has 112 valence electrons. The van der Waals surface area contributed by atoms with Crippen LogP contribution in [0.5, 0.6) is 11.5 Å². The Balaban J connectivity index is 0.00000220. The van der Waals surface area contributed by atoms with Gasteiger partial charge in [0.05, 0.1) is 18.8 Å². The molecule has 0 radical (unpaired) electrons. The van der Waals surface area contributed by atoms with Crippen molar-refractivity contribution in [1.82, 2.24) is 0 Å². The Bertz CT molecular complexity index is 561. The maximum atomic E-state index is 7.48. The molecule has 4 nitrogen and oxygen atoms in total. The van der Waals surface area contributed by atoms with Gasteiger partial charge in [0.25, 0.3) is 0 Å². The molecule has 2 aromatic rings. The zero-order chi connectivity index (χ0) is 14.2. The van der Waals surface area contributed by atoms with Gasteiger partial charge in [-0.25, -0.2) is 0 Å². The van der Waals surface area contributed by atoms with Gasteiger partial charge in [-0.1, -0.05) is 30.3 Å². The van der Waals surface area contributed by atoms with Crippen LogP contribution in [0.25, 0.3) is 0 Å². The summed E-state index contributed by atoms with van der Waals surface area (Å²) in [6.45, 7) is 1.11. The molecule has 0 heterocycles. The average Bonchev–Trinajstić information content (AvgIpc) is 2.48. The third-order valence-corrected chi connectivity index (χ3v) is 2.74. The Hall–Kier alpha value is -2.20. The summed E-state index contributed by atoms with van der Waals surface area (Å²) in [4.78, 5) is 0. The molecule has 0 saturated heterocycles. The third kappa shape index (κ3) is 5.36. The average molecular weight is 307 g/mol. The van der Waals surface area contributed by atoms with Crippen molar-refractivity contribution >= 4 is 18.2 Å². The maximum absolute atomic E-state index is 7.48. The van der Waals surface area contributed by atoms with Crippen molar-refractivity contribution < 1.29 is 9.47 Å². The van der Waals surface area contributed by atoms with Gasteiger partial charge in [0, 0.05) is 6.42 Å². The standard InChI is InChI=1S/C16H18N2O2.ClH/c17-16(18)14-9-4-5-10-15(14)20-12-6-11-19-13-7-2-1-3-8-13;/h1-5,7-10H,6,11-12H2,(H3,17,18);1H. The molecular weight excluding hydrogens is 288 g/mol. The normalized spacial score (nSPS) is 9.52. The van der Waals surface area contributed by atoms with Gasteiger partial charge in [0.2, 0.25) is 0 Å². The first-order valence-corrected chi connectivity index (χ1v) is 6.51. The summed E-state index contributed by atoms with van der Waals surface area (Å²) in [5.74, 6) is 1.51. The fourth-order valence-electron chi connectivity index (χ4n) is 1.76. The van der Waals surface area contributed by atoms with Crippen LogP contribution in [0, 0.1) is 5.41 Å². The minimum atomic E-state index is 0. The number of nitrogen functional groups attached to an aromatic ring is 1. The second-order valence-corrected chi connectivity index (χ2v) is 4.27. The monoisotopic (exact) mass is 306 g/mol. The van der Waals surface area contributed by atoms with E-state index in [2.05, 4.69) is 0 Å². The van der Waals surface area contributed by atoms with Crippen molar-refractivity contribution in [3.05, 3.63) is 60.2 Å². The molecule has 2 rings (SSSR count). The minimum absolute atomic E-state index is 0. The number of rotatable bonds is 7. The summed E-state index contributed by atoms with van der Waals surface area (Å²) < 4.78 is 11.2. The highest BCUT2D eigenvalue weighted by molar-refractivity contribution is 5.97.